The zero-order valence-corrected chi connectivity index (χ0v) is 9.24. The van der Waals surface area contributed by atoms with Crippen molar-refractivity contribution in [3.63, 3.8) is 0 Å². The van der Waals surface area contributed by atoms with Crippen LogP contribution in [-0.2, 0) is 6.54 Å². The Morgan fingerprint density at radius 1 is 1.12 bits per heavy atom. The summed E-state index contributed by atoms with van der Waals surface area (Å²) in [6, 6.07) is 12.2. The Balaban J connectivity index is 2.16. The Morgan fingerprint density at radius 3 is 2.71 bits per heavy atom. The fraction of sp³-hybridized carbons (Fsp3) is 0.0769. The molecule has 0 saturated heterocycles. The highest BCUT2D eigenvalue weighted by molar-refractivity contribution is 5.77. The fourth-order valence-corrected chi connectivity index (χ4v) is 1.90. The first kappa shape index (κ1) is 9.99. The number of benzene rings is 1. The Labute approximate surface area is 98.7 Å². The molecule has 17 heavy (non-hydrogen) atoms. The molecular weight excluding hydrogens is 212 g/mol. The molecule has 0 fully saturated rings. The molecule has 0 atom stereocenters. The molecule has 4 nitrogen and oxygen atoms in total. The number of fused-ring (bicyclic) bond motifs is 1. The van der Waals surface area contributed by atoms with Crippen LogP contribution in [0.4, 0.5) is 0 Å². The number of pyridine rings is 1. The van der Waals surface area contributed by atoms with Crippen molar-refractivity contribution < 1.29 is 0 Å². The van der Waals surface area contributed by atoms with Crippen molar-refractivity contribution in [3.8, 4) is 11.1 Å². The van der Waals surface area contributed by atoms with E-state index < -0.39 is 0 Å². The maximum absolute atomic E-state index is 5.59. The molecule has 0 aliphatic carbocycles. The van der Waals surface area contributed by atoms with Gasteiger partial charge in [0, 0.05) is 18.3 Å². The molecule has 0 bridgehead atoms. The second kappa shape index (κ2) is 3.99. The normalized spacial score (nSPS) is 10.9. The summed E-state index contributed by atoms with van der Waals surface area (Å²) in [7, 11) is 0. The predicted molar refractivity (Wildman–Crippen MR) is 66.3 cm³/mol. The van der Waals surface area contributed by atoms with E-state index in [9.17, 15) is 0 Å². The average Bonchev–Trinajstić information content (AvgIpc) is 2.87. The van der Waals surface area contributed by atoms with E-state index in [1.165, 1.54) is 0 Å². The van der Waals surface area contributed by atoms with Gasteiger partial charge < -0.3 is 5.73 Å². The largest absolute Gasteiger partial charge is 0.326 e. The smallest absolute Gasteiger partial charge is 0.168 e. The number of hydrogen-bond acceptors (Lipinski definition) is 3. The lowest BCUT2D eigenvalue weighted by molar-refractivity contribution is 1.07. The molecule has 2 heterocycles. The summed E-state index contributed by atoms with van der Waals surface area (Å²) in [6.45, 7) is 0.565. The standard InChI is InChI=1S/C13H12N4/c14-8-10-3-5-11(6-4-10)12-2-1-7-17-9-15-16-13(12)17/h1-7,9H,8,14H2. The summed E-state index contributed by atoms with van der Waals surface area (Å²) in [5.41, 5.74) is 9.78. The SMILES string of the molecule is NCc1ccc(-c2cccn3cnnc23)cc1. The van der Waals surface area contributed by atoms with Gasteiger partial charge in [-0.2, -0.15) is 0 Å². The summed E-state index contributed by atoms with van der Waals surface area (Å²) in [6.07, 6.45) is 3.64. The molecule has 2 N–H and O–H groups in total. The van der Waals surface area contributed by atoms with Crippen LogP contribution in [-0.4, -0.2) is 14.6 Å². The van der Waals surface area contributed by atoms with Crippen molar-refractivity contribution in [2.24, 2.45) is 5.73 Å². The molecule has 84 valence electrons. The van der Waals surface area contributed by atoms with Gasteiger partial charge >= 0.3 is 0 Å². The molecule has 3 rings (SSSR count). The van der Waals surface area contributed by atoms with Crippen molar-refractivity contribution in [2.45, 2.75) is 6.54 Å². The quantitative estimate of drug-likeness (QED) is 0.722. The van der Waals surface area contributed by atoms with Gasteiger partial charge in [0.15, 0.2) is 5.65 Å². The average molecular weight is 224 g/mol. The van der Waals surface area contributed by atoms with Crippen LogP contribution in [0.1, 0.15) is 5.56 Å². The Kier molecular flexibility index (Phi) is 2.34. The number of rotatable bonds is 2. The highest BCUT2D eigenvalue weighted by Gasteiger charge is 2.05. The van der Waals surface area contributed by atoms with Crippen molar-refractivity contribution in [2.75, 3.05) is 0 Å². The number of aromatic nitrogens is 3. The molecule has 0 saturated carbocycles. The molecule has 0 aliphatic heterocycles. The van der Waals surface area contributed by atoms with Gasteiger partial charge in [-0.05, 0) is 23.3 Å². The molecule has 4 heteroatoms. The van der Waals surface area contributed by atoms with E-state index in [2.05, 4.69) is 22.3 Å². The molecule has 0 aliphatic rings. The number of hydrogen-bond donors (Lipinski definition) is 1. The van der Waals surface area contributed by atoms with Crippen LogP contribution < -0.4 is 5.73 Å². The molecule has 1 aromatic carbocycles. The summed E-state index contributed by atoms with van der Waals surface area (Å²) >= 11 is 0. The lowest BCUT2D eigenvalue weighted by atomic mass is 10.1. The Morgan fingerprint density at radius 2 is 1.94 bits per heavy atom. The van der Waals surface area contributed by atoms with Crippen molar-refractivity contribution in [1.82, 2.24) is 14.6 Å². The number of nitrogens with zero attached hydrogens (tertiary/aromatic N) is 3. The molecular formula is C13H12N4. The lowest BCUT2D eigenvalue weighted by Crippen LogP contribution is -1.95. The van der Waals surface area contributed by atoms with E-state index in [-0.39, 0.29) is 0 Å². The minimum Gasteiger partial charge on any atom is -0.326 e. The maximum atomic E-state index is 5.59. The molecule has 2 aromatic heterocycles. The van der Waals surface area contributed by atoms with E-state index >= 15 is 0 Å². The van der Waals surface area contributed by atoms with Crippen LogP contribution in [0.2, 0.25) is 0 Å². The summed E-state index contributed by atoms with van der Waals surface area (Å²) in [4.78, 5) is 0. The predicted octanol–water partition coefficient (Wildman–Crippen LogP) is 1.85. The van der Waals surface area contributed by atoms with E-state index in [1.54, 1.807) is 6.33 Å². The van der Waals surface area contributed by atoms with Crippen LogP contribution in [0.15, 0.2) is 48.9 Å². The van der Waals surface area contributed by atoms with Crippen molar-refractivity contribution in [1.29, 1.82) is 0 Å². The summed E-state index contributed by atoms with van der Waals surface area (Å²) < 4.78 is 1.91. The summed E-state index contributed by atoms with van der Waals surface area (Å²) in [5.74, 6) is 0. The summed E-state index contributed by atoms with van der Waals surface area (Å²) in [5, 5.41) is 8.04. The second-order valence-corrected chi connectivity index (χ2v) is 3.88. The van der Waals surface area contributed by atoms with Crippen LogP contribution in [0.5, 0.6) is 0 Å². The monoisotopic (exact) mass is 224 g/mol. The van der Waals surface area contributed by atoms with E-state index in [0.29, 0.717) is 6.54 Å². The third-order valence-electron chi connectivity index (χ3n) is 2.82. The topological polar surface area (TPSA) is 56.2 Å². The van der Waals surface area contributed by atoms with Crippen LogP contribution >= 0.6 is 0 Å². The van der Waals surface area contributed by atoms with Gasteiger partial charge in [-0.3, -0.25) is 4.40 Å². The zero-order valence-electron chi connectivity index (χ0n) is 9.24. The van der Waals surface area contributed by atoms with Gasteiger partial charge in [0.05, 0.1) is 0 Å². The van der Waals surface area contributed by atoms with Crippen LogP contribution in [0.25, 0.3) is 16.8 Å². The van der Waals surface area contributed by atoms with Gasteiger partial charge in [-0.25, -0.2) is 0 Å². The molecule has 0 unspecified atom stereocenters. The Bertz CT molecular complexity index is 640. The van der Waals surface area contributed by atoms with Gasteiger partial charge in [-0.1, -0.05) is 24.3 Å². The third-order valence-corrected chi connectivity index (χ3v) is 2.82. The van der Waals surface area contributed by atoms with Gasteiger partial charge in [0.25, 0.3) is 0 Å². The van der Waals surface area contributed by atoms with Gasteiger partial charge in [0.2, 0.25) is 0 Å². The van der Waals surface area contributed by atoms with Crippen LogP contribution in [0.3, 0.4) is 0 Å². The van der Waals surface area contributed by atoms with Crippen molar-refractivity contribution >= 4 is 5.65 Å². The lowest BCUT2D eigenvalue weighted by Gasteiger charge is -2.04. The van der Waals surface area contributed by atoms with Gasteiger partial charge in [-0.15, -0.1) is 10.2 Å². The minimum atomic E-state index is 0.565. The second-order valence-electron chi connectivity index (χ2n) is 3.88. The van der Waals surface area contributed by atoms with Crippen LogP contribution in [0, 0.1) is 0 Å². The first-order chi connectivity index (χ1) is 8.38. The van der Waals surface area contributed by atoms with E-state index in [1.807, 2.05) is 34.9 Å². The Hall–Kier alpha value is -2.20. The molecule has 0 radical (unpaired) electrons. The zero-order chi connectivity index (χ0) is 11.7. The minimum absolute atomic E-state index is 0.565. The van der Waals surface area contributed by atoms with E-state index in [4.69, 9.17) is 5.73 Å². The van der Waals surface area contributed by atoms with Gasteiger partial charge in [0.1, 0.15) is 6.33 Å². The highest BCUT2D eigenvalue weighted by atomic mass is 15.2. The van der Waals surface area contributed by atoms with E-state index in [0.717, 1.165) is 22.3 Å². The molecule has 0 amide bonds. The maximum Gasteiger partial charge on any atom is 0.168 e. The highest BCUT2D eigenvalue weighted by Crippen LogP contribution is 2.23. The number of nitrogens with two attached hydrogens (primary N) is 1. The molecule has 3 aromatic rings. The fourth-order valence-electron chi connectivity index (χ4n) is 1.90. The first-order valence-corrected chi connectivity index (χ1v) is 5.46. The third kappa shape index (κ3) is 1.68. The van der Waals surface area contributed by atoms with Crippen molar-refractivity contribution in [3.05, 3.63) is 54.5 Å². The molecule has 0 spiro atoms. The first-order valence-electron chi connectivity index (χ1n) is 5.46.